The molecule has 9 heteroatoms. The normalized spacial score (nSPS) is 13.9. The molecule has 0 saturated heterocycles. The second kappa shape index (κ2) is 10.2. The number of ether oxygens (including phenoxy) is 1. The van der Waals surface area contributed by atoms with Crippen LogP contribution in [0.2, 0.25) is 0 Å². The van der Waals surface area contributed by atoms with Gasteiger partial charge in [0.1, 0.15) is 12.6 Å². The molecule has 3 aromatic rings. The van der Waals surface area contributed by atoms with E-state index in [1.165, 1.54) is 0 Å². The monoisotopic (exact) mass is 462 g/mol. The number of amides is 2. The first-order valence-electron chi connectivity index (χ1n) is 11.0. The van der Waals surface area contributed by atoms with Gasteiger partial charge in [-0.2, -0.15) is 5.10 Å². The number of rotatable bonds is 9. The van der Waals surface area contributed by atoms with Crippen molar-refractivity contribution in [3.8, 4) is 11.1 Å². The van der Waals surface area contributed by atoms with Gasteiger partial charge in [0.25, 0.3) is 0 Å². The van der Waals surface area contributed by atoms with E-state index in [1.54, 1.807) is 30.1 Å². The molecule has 176 valence electrons. The van der Waals surface area contributed by atoms with Gasteiger partial charge in [0.15, 0.2) is 0 Å². The van der Waals surface area contributed by atoms with E-state index in [0.29, 0.717) is 6.54 Å². The highest BCUT2D eigenvalue weighted by Gasteiger charge is 2.30. The van der Waals surface area contributed by atoms with E-state index in [1.807, 2.05) is 48.5 Å². The van der Waals surface area contributed by atoms with Crippen molar-refractivity contribution in [2.24, 2.45) is 0 Å². The Morgan fingerprint density at radius 3 is 2.26 bits per heavy atom. The first-order valence-corrected chi connectivity index (χ1v) is 11.0. The third kappa shape index (κ3) is 5.25. The first kappa shape index (κ1) is 23.0. The molecular weight excluding hydrogens is 436 g/mol. The van der Waals surface area contributed by atoms with Crippen molar-refractivity contribution in [2.75, 3.05) is 6.61 Å². The number of hydrogen-bond acceptors (Lipinski definition) is 5. The largest absolute Gasteiger partial charge is 0.481 e. The molecule has 2 amide bonds. The van der Waals surface area contributed by atoms with Crippen LogP contribution in [0.25, 0.3) is 11.1 Å². The van der Waals surface area contributed by atoms with E-state index in [-0.39, 0.29) is 18.6 Å². The van der Waals surface area contributed by atoms with Crippen LogP contribution in [-0.2, 0) is 20.9 Å². The number of carboxylic acids is 1. The number of nitrogens with zero attached hydrogens (tertiary/aromatic N) is 2. The molecule has 1 heterocycles. The maximum absolute atomic E-state index is 12.7. The van der Waals surface area contributed by atoms with Crippen LogP contribution in [0.15, 0.2) is 67.0 Å². The number of aliphatic carboxylic acids is 1. The molecule has 1 aliphatic rings. The van der Waals surface area contributed by atoms with Crippen molar-refractivity contribution >= 4 is 18.0 Å². The molecule has 2 aromatic carbocycles. The molecule has 0 fully saturated rings. The van der Waals surface area contributed by atoms with Gasteiger partial charge < -0.3 is 20.5 Å². The van der Waals surface area contributed by atoms with E-state index in [2.05, 4.69) is 15.7 Å². The van der Waals surface area contributed by atoms with E-state index in [4.69, 9.17) is 4.74 Å². The molecule has 0 aliphatic heterocycles. The molecule has 0 radical (unpaired) electrons. The second-order valence-electron chi connectivity index (χ2n) is 8.26. The fourth-order valence-electron chi connectivity index (χ4n) is 4.24. The van der Waals surface area contributed by atoms with Crippen LogP contribution in [0.5, 0.6) is 0 Å². The van der Waals surface area contributed by atoms with E-state index < -0.39 is 30.4 Å². The van der Waals surface area contributed by atoms with E-state index in [9.17, 15) is 19.5 Å². The number of hydrogen-bond donors (Lipinski definition) is 3. The number of nitrogens with one attached hydrogen (secondary N) is 2. The van der Waals surface area contributed by atoms with Gasteiger partial charge in [0.05, 0.1) is 13.0 Å². The lowest BCUT2D eigenvalue weighted by Gasteiger charge is -2.21. The maximum atomic E-state index is 12.7. The predicted octanol–water partition coefficient (Wildman–Crippen LogP) is 2.77. The topological polar surface area (TPSA) is 123 Å². The Hall–Kier alpha value is -4.14. The fraction of sp³-hybridized carbons (Fsp3) is 0.280. The quantitative estimate of drug-likeness (QED) is 0.449. The summed E-state index contributed by atoms with van der Waals surface area (Å²) in [5.74, 6) is -1.95. The average molecular weight is 463 g/mol. The molecule has 0 bridgehead atoms. The Morgan fingerprint density at radius 1 is 1.03 bits per heavy atom. The van der Waals surface area contributed by atoms with Crippen molar-refractivity contribution in [3.63, 3.8) is 0 Å². The SMILES string of the molecule is CC(Cn1cccn1)NC(=O)C(CC(=O)O)NC(=O)OCC1c2ccccc2-c2ccccc21. The highest BCUT2D eigenvalue weighted by atomic mass is 16.5. The van der Waals surface area contributed by atoms with Crippen LogP contribution in [0.3, 0.4) is 0 Å². The van der Waals surface area contributed by atoms with Gasteiger partial charge >= 0.3 is 12.1 Å². The number of alkyl carbamates (subject to hydrolysis) is 1. The molecule has 3 N–H and O–H groups in total. The Balaban J connectivity index is 1.38. The van der Waals surface area contributed by atoms with Crippen LogP contribution < -0.4 is 10.6 Å². The van der Waals surface area contributed by atoms with Gasteiger partial charge in [-0.3, -0.25) is 14.3 Å². The molecule has 0 spiro atoms. The maximum Gasteiger partial charge on any atom is 0.407 e. The summed E-state index contributed by atoms with van der Waals surface area (Å²) < 4.78 is 7.10. The standard InChI is InChI=1S/C25H26N4O5/c1-16(14-29-12-6-11-26-29)27-24(32)22(13-23(30)31)28-25(33)34-15-21-19-9-4-2-7-17(19)18-8-3-5-10-20(18)21/h2-12,16,21-22H,13-15H2,1H3,(H,27,32)(H,28,33)(H,30,31). The summed E-state index contributed by atoms with van der Waals surface area (Å²) in [7, 11) is 0. The Morgan fingerprint density at radius 2 is 1.68 bits per heavy atom. The zero-order valence-electron chi connectivity index (χ0n) is 18.7. The lowest BCUT2D eigenvalue weighted by Crippen LogP contribution is -2.50. The second-order valence-corrected chi connectivity index (χ2v) is 8.26. The van der Waals surface area contributed by atoms with Crippen molar-refractivity contribution in [1.29, 1.82) is 0 Å². The highest BCUT2D eigenvalue weighted by Crippen LogP contribution is 2.44. The molecule has 34 heavy (non-hydrogen) atoms. The molecule has 2 unspecified atom stereocenters. The van der Waals surface area contributed by atoms with Crippen LogP contribution in [-0.4, -0.2) is 51.5 Å². The summed E-state index contributed by atoms with van der Waals surface area (Å²) in [6.07, 6.45) is 1.97. The minimum absolute atomic E-state index is 0.0664. The van der Waals surface area contributed by atoms with Gasteiger partial charge in [-0.05, 0) is 35.2 Å². The van der Waals surface area contributed by atoms with Crippen LogP contribution >= 0.6 is 0 Å². The number of carbonyl (C=O) groups excluding carboxylic acids is 2. The van der Waals surface area contributed by atoms with Gasteiger partial charge in [0, 0.05) is 24.4 Å². The zero-order chi connectivity index (χ0) is 24.1. The molecule has 0 saturated carbocycles. The number of aromatic nitrogens is 2. The number of benzene rings is 2. The van der Waals surface area contributed by atoms with Gasteiger partial charge in [-0.15, -0.1) is 0 Å². The zero-order valence-corrected chi connectivity index (χ0v) is 18.7. The lowest BCUT2D eigenvalue weighted by atomic mass is 9.98. The fourth-order valence-corrected chi connectivity index (χ4v) is 4.24. The van der Waals surface area contributed by atoms with Gasteiger partial charge in [-0.1, -0.05) is 48.5 Å². The number of carboxylic acid groups (broad SMARTS) is 1. The summed E-state index contributed by atoms with van der Waals surface area (Å²) in [6.45, 7) is 2.24. The Kier molecular flexibility index (Phi) is 6.91. The molecular formula is C25H26N4O5. The van der Waals surface area contributed by atoms with Crippen LogP contribution in [0, 0.1) is 0 Å². The first-order chi connectivity index (χ1) is 16.4. The smallest absolute Gasteiger partial charge is 0.407 e. The summed E-state index contributed by atoms with van der Waals surface area (Å²) in [5.41, 5.74) is 4.32. The molecule has 2 atom stereocenters. The average Bonchev–Trinajstić information content (AvgIpc) is 3.43. The molecule has 4 rings (SSSR count). The van der Waals surface area contributed by atoms with Crippen molar-refractivity contribution in [2.45, 2.75) is 37.9 Å². The van der Waals surface area contributed by atoms with E-state index in [0.717, 1.165) is 22.3 Å². The van der Waals surface area contributed by atoms with Crippen molar-refractivity contribution in [1.82, 2.24) is 20.4 Å². The van der Waals surface area contributed by atoms with Crippen molar-refractivity contribution < 1.29 is 24.2 Å². The Bertz CT molecular complexity index is 1130. The summed E-state index contributed by atoms with van der Waals surface area (Å²) in [4.78, 5) is 36.5. The third-order valence-corrected chi connectivity index (χ3v) is 5.74. The van der Waals surface area contributed by atoms with Crippen molar-refractivity contribution in [3.05, 3.63) is 78.1 Å². The molecule has 9 nitrogen and oxygen atoms in total. The highest BCUT2D eigenvalue weighted by molar-refractivity contribution is 5.89. The van der Waals surface area contributed by atoms with Gasteiger partial charge in [-0.25, -0.2) is 4.79 Å². The molecule has 1 aliphatic carbocycles. The van der Waals surface area contributed by atoms with E-state index >= 15 is 0 Å². The summed E-state index contributed by atoms with van der Waals surface area (Å²) >= 11 is 0. The minimum atomic E-state index is -1.27. The summed E-state index contributed by atoms with van der Waals surface area (Å²) in [6, 6.07) is 16.1. The Labute approximate surface area is 196 Å². The van der Waals surface area contributed by atoms with Crippen LogP contribution in [0.1, 0.15) is 30.4 Å². The molecule has 1 aromatic heterocycles. The summed E-state index contributed by atoms with van der Waals surface area (Å²) in [5, 5.41) is 18.4. The number of fused-ring (bicyclic) bond motifs is 3. The third-order valence-electron chi connectivity index (χ3n) is 5.74. The van der Waals surface area contributed by atoms with Crippen LogP contribution in [0.4, 0.5) is 4.79 Å². The number of carbonyl (C=O) groups is 3. The predicted molar refractivity (Wildman–Crippen MR) is 124 cm³/mol. The van der Waals surface area contributed by atoms with Gasteiger partial charge in [0.2, 0.25) is 5.91 Å². The lowest BCUT2D eigenvalue weighted by molar-refractivity contribution is -0.140. The minimum Gasteiger partial charge on any atom is -0.481 e.